The number of thiophene rings is 1. The molecule has 0 aliphatic carbocycles. The van der Waals surface area contributed by atoms with Gasteiger partial charge in [-0.15, -0.1) is 11.3 Å². The highest BCUT2D eigenvalue weighted by Crippen LogP contribution is 2.34. The van der Waals surface area contributed by atoms with Crippen molar-refractivity contribution in [1.82, 2.24) is 0 Å². The van der Waals surface area contributed by atoms with Gasteiger partial charge in [0, 0.05) is 22.7 Å². The first-order valence-corrected chi connectivity index (χ1v) is 9.74. The third-order valence-electron chi connectivity index (χ3n) is 3.91. The lowest BCUT2D eigenvalue weighted by Gasteiger charge is -2.25. The predicted molar refractivity (Wildman–Crippen MR) is 108 cm³/mol. The largest absolute Gasteiger partial charge is 0.486 e. The molecule has 0 bridgehead atoms. The van der Waals surface area contributed by atoms with E-state index < -0.39 is 5.97 Å². The van der Waals surface area contributed by atoms with Gasteiger partial charge in [0.05, 0.1) is 6.54 Å². The highest BCUT2D eigenvalue weighted by atomic mass is 32.1. The third-order valence-corrected chi connectivity index (χ3v) is 4.77. The molecule has 1 aromatic heterocycles. The fraction of sp³-hybridized carbons (Fsp3) is 0.238. The Morgan fingerprint density at radius 1 is 1.18 bits per heavy atom. The predicted octanol–water partition coefficient (Wildman–Crippen LogP) is 3.73. The average Bonchev–Trinajstić information content (AvgIpc) is 3.23. The Hall–Kier alpha value is -3.06. The van der Waals surface area contributed by atoms with E-state index in [-0.39, 0.29) is 12.5 Å². The van der Waals surface area contributed by atoms with Gasteiger partial charge < -0.3 is 19.1 Å². The van der Waals surface area contributed by atoms with Crippen molar-refractivity contribution in [2.24, 2.45) is 0 Å². The Balaban J connectivity index is 1.75. The summed E-state index contributed by atoms with van der Waals surface area (Å²) in [5, 5.41) is 1.95. The van der Waals surface area contributed by atoms with Gasteiger partial charge in [-0.1, -0.05) is 24.3 Å². The van der Waals surface area contributed by atoms with Crippen LogP contribution in [0.1, 0.15) is 11.8 Å². The number of nitrogens with zero attached hydrogens (tertiary/aromatic N) is 1. The van der Waals surface area contributed by atoms with Crippen molar-refractivity contribution >= 4 is 28.9 Å². The highest BCUT2D eigenvalue weighted by molar-refractivity contribution is 7.09. The molecular weight excluding hydrogens is 378 g/mol. The number of benzene rings is 1. The normalized spacial score (nSPS) is 13.0. The van der Waals surface area contributed by atoms with Crippen molar-refractivity contribution in [1.29, 1.82) is 0 Å². The fourth-order valence-corrected chi connectivity index (χ4v) is 3.28. The highest BCUT2D eigenvalue weighted by Gasteiger charge is 2.21. The van der Waals surface area contributed by atoms with Crippen molar-refractivity contribution in [2.75, 3.05) is 24.7 Å². The van der Waals surface area contributed by atoms with Crippen LogP contribution in [0.3, 0.4) is 0 Å². The molecule has 0 spiro atoms. The number of carbonyl (C=O) groups excluding carboxylic acids is 2. The van der Waals surface area contributed by atoms with E-state index in [4.69, 9.17) is 14.2 Å². The van der Waals surface area contributed by atoms with Gasteiger partial charge >= 0.3 is 5.97 Å². The maximum atomic E-state index is 12.8. The molecule has 0 unspecified atom stereocenters. The Labute approximate surface area is 167 Å². The molecule has 0 saturated heterocycles. The standard InChI is InChI=1S/C21H21NO5S/c1-2-3-4-7-21(24)27-15-20(23)22(14-17-6-5-12-28-17)16-8-9-18-19(13-16)26-11-10-25-18/h2-9,12-13H,10-11,14-15H2,1H3/b3-2+,7-4+. The van der Waals surface area contributed by atoms with Crippen molar-refractivity contribution in [3.8, 4) is 11.5 Å². The van der Waals surface area contributed by atoms with Crippen LogP contribution in [0.25, 0.3) is 0 Å². The minimum absolute atomic E-state index is 0.321. The fourth-order valence-electron chi connectivity index (χ4n) is 2.59. The molecule has 7 heteroatoms. The minimum Gasteiger partial charge on any atom is -0.486 e. The van der Waals surface area contributed by atoms with Crippen LogP contribution in [0, 0.1) is 0 Å². The molecule has 2 aromatic rings. The number of anilines is 1. The van der Waals surface area contributed by atoms with Gasteiger partial charge in [-0.25, -0.2) is 4.79 Å². The van der Waals surface area contributed by atoms with Crippen LogP contribution in [0.5, 0.6) is 11.5 Å². The molecule has 1 aliphatic rings. The lowest BCUT2D eigenvalue weighted by molar-refractivity contribution is -0.143. The Kier molecular flexibility index (Phi) is 6.86. The minimum atomic E-state index is -0.565. The summed E-state index contributed by atoms with van der Waals surface area (Å²) in [7, 11) is 0. The molecule has 0 saturated carbocycles. The molecule has 2 heterocycles. The van der Waals surface area contributed by atoms with E-state index in [1.54, 1.807) is 52.7 Å². The second-order valence-corrected chi connectivity index (χ2v) is 6.91. The van der Waals surface area contributed by atoms with Crippen LogP contribution in [0.15, 0.2) is 60.0 Å². The molecular formula is C21H21NO5S. The zero-order valence-corrected chi connectivity index (χ0v) is 16.3. The van der Waals surface area contributed by atoms with Crippen LogP contribution in [-0.4, -0.2) is 31.7 Å². The molecule has 0 fully saturated rings. The molecule has 0 atom stereocenters. The zero-order chi connectivity index (χ0) is 19.8. The van der Waals surface area contributed by atoms with Crippen molar-refractivity contribution in [3.63, 3.8) is 0 Å². The summed E-state index contributed by atoms with van der Waals surface area (Å²) in [4.78, 5) is 27.2. The first kappa shape index (κ1) is 19.7. The summed E-state index contributed by atoms with van der Waals surface area (Å²) in [5.74, 6) is 0.362. The lowest BCUT2D eigenvalue weighted by Crippen LogP contribution is -2.34. The second kappa shape index (κ2) is 9.75. The van der Waals surface area contributed by atoms with E-state index in [9.17, 15) is 9.59 Å². The van der Waals surface area contributed by atoms with E-state index in [1.165, 1.54) is 6.08 Å². The van der Waals surface area contributed by atoms with Gasteiger partial charge in [-0.05, 0) is 30.5 Å². The molecule has 0 radical (unpaired) electrons. The molecule has 146 valence electrons. The number of amides is 1. The molecule has 28 heavy (non-hydrogen) atoms. The summed E-state index contributed by atoms with van der Waals surface area (Å²) in [6.07, 6.45) is 6.35. The summed E-state index contributed by atoms with van der Waals surface area (Å²) in [5.41, 5.74) is 0.656. The maximum Gasteiger partial charge on any atom is 0.331 e. The van der Waals surface area contributed by atoms with Crippen LogP contribution in [0.4, 0.5) is 5.69 Å². The van der Waals surface area contributed by atoms with Gasteiger partial charge in [0.15, 0.2) is 18.1 Å². The number of hydrogen-bond donors (Lipinski definition) is 0. The molecule has 1 aliphatic heterocycles. The lowest BCUT2D eigenvalue weighted by atomic mass is 10.2. The second-order valence-electron chi connectivity index (χ2n) is 5.88. The number of ether oxygens (including phenoxy) is 3. The summed E-state index contributed by atoms with van der Waals surface area (Å²) in [6, 6.07) is 9.23. The third kappa shape index (κ3) is 5.23. The van der Waals surface area contributed by atoms with E-state index in [1.807, 2.05) is 24.4 Å². The summed E-state index contributed by atoms with van der Waals surface area (Å²) in [6.45, 7) is 2.84. The topological polar surface area (TPSA) is 65.1 Å². The molecule has 6 nitrogen and oxygen atoms in total. The summed E-state index contributed by atoms with van der Waals surface area (Å²) < 4.78 is 16.2. The quantitative estimate of drug-likeness (QED) is 0.403. The van der Waals surface area contributed by atoms with Gasteiger partial charge in [-0.2, -0.15) is 0 Å². The first-order valence-electron chi connectivity index (χ1n) is 8.86. The number of allylic oxidation sites excluding steroid dienone is 3. The summed E-state index contributed by atoms with van der Waals surface area (Å²) >= 11 is 1.55. The zero-order valence-electron chi connectivity index (χ0n) is 15.5. The van der Waals surface area contributed by atoms with E-state index in [0.29, 0.717) is 36.9 Å². The van der Waals surface area contributed by atoms with Gasteiger partial charge in [0.2, 0.25) is 0 Å². The van der Waals surface area contributed by atoms with Crippen LogP contribution < -0.4 is 14.4 Å². The van der Waals surface area contributed by atoms with E-state index >= 15 is 0 Å². The van der Waals surface area contributed by atoms with Gasteiger partial charge in [0.1, 0.15) is 13.2 Å². The smallest absolute Gasteiger partial charge is 0.331 e. The Morgan fingerprint density at radius 2 is 2.00 bits per heavy atom. The molecule has 0 N–H and O–H groups in total. The van der Waals surface area contributed by atoms with Gasteiger partial charge in [-0.3, -0.25) is 4.79 Å². The van der Waals surface area contributed by atoms with Crippen LogP contribution in [-0.2, 0) is 20.9 Å². The van der Waals surface area contributed by atoms with Crippen molar-refractivity contribution in [3.05, 3.63) is 64.9 Å². The van der Waals surface area contributed by atoms with Crippen LogP contribution in [0.2, 0.25) is 0 Å². The van der Waals surface area contributed by atoms with Crippen molar-refractivity contribution in [2.45, 2.75) is 13.5 Å². The van der Waals surface area contributed by atoms with Crippen LogP contribution >= 0.6 is 11.3 Å². The number of fused-ring (bicyclic) bond motifs is 1. The number of hydrogen-bond acceptors (Lipinski definition) is 6. The van der Waals surface area contributed by atoms with E-state index in [0.717, 1.165) is 4.88 Å². The monoisotopic (exact) mass is 399 g/mol. The number of esters is 1. The molecule has 3 rings (SSSR count). The SMILES string of the molecule is C/C=C/C=C/C(=O)OCC(=O)N(Cc1cccs1)c1ccc2c(c1)OCCO2. The van der Waals surface area contributed by atoms with Crippen molar-refractivity contribution < 1.29 is 23.8 Å². The number of rotatable bonds is 7. The van der Waals surface area contributed by atoms with E-state index in [2.05, 4.69) is 0 Å². The maximum absolute atomic E-state index is 12.8. The molecule has 1 amide bonds. The number of carbonyl (C=O) groups is 2. The average molecular weight is 399 g/mol. The first-order chi connectivity index (χ1) is 13.7. The van der Waals surface area contributed by atoms with Gasteiger partial charge in [0.25, 0.3) is 5.91 Å². The Bertz CT molecular complexity index is 873. The molecule has 1 aromatic carbocycles. The Morgan fingerprint density at radius 3 is 2.75 bits per heavy atom.